The summed E-state index contributed by atoms with van der Waals surface area (Å²) >= 11 is 2.31. The van der Waals surface area contributed by atoms with Crippen LogP contribution in [0.1, 0.15) is 29.9 Å². The first kappa shape index (κ1) is 9.19. The highest BCUT2D eigenvalue weighted by Gasteiger charge is 2.30. The van der Waals surface area contributed by atoms with Crippen LogP contribution in [-0.2, 0) is 4.79 Å². The van der Waals surface area contributed by atoms with Crippen molar-refractivity contribution < 1.29 is 4.79 Å². The molecular formula is C11H11IO. The molecule has 1 aromatic rings. The van der Waals surface area contributed by atoms with Crippen LogP contribution in [0.3, 0.4) is 0 Å². The van der Waals surface area contributed by atoms with E-state index in [9.17, 15) is 4.79 Å². The molecule has 13 heavy (non-hydrogen) atoms. The summed E-state index contributed by atoms with van der Waals surface area (Å²) in [5, 5.41) is 0. The maximum Gasteiger partial charge on any atom is 0.140 e. The van der Waals surface area contributed by atoms with Gasteiger partial charge in [-0.05, 0) is 47.6 Å². The molecule has 2 heteroatoms. The van der Waals surface area contributed by atoms with E-state index in [1.54, 1.807) is 0 Å². The number of carbonyl (C=O) groups excluding carboxylic acids is 1. The highest BCUT2D eigenvalue weighted by Crippen LogP contribution is 2.35. The molecule has 0 radical (unpaired) electrons. The van der Waals surface area contributed by atoms with Crippen LogP contribution in [-0.4, -0.2) is 5.78 Å². The lowest BCUT2D eigenvalue weighted by atomic mass is 9.78. The van der Waals surface area contributed by atoms with Gasteiger partial charge < -0.3 is 0 Å². The minimum absolute atomic E-state index is 0.201. The standard InChI is InChI=1S/C11H11IO/c1-7-2-4-10(12)9(6-7)8-3-5-11(8)13/h2,4,6,8H,3,5H2,1H3. The van der Waals surface area contributed by atoms with Gasteiger partial charge in [0.2, 0.25) is 0 Å². The fourth-order valence-electron chi connectivity index (χ4n) is 1.67. The van der Waals surface area contributed by atoms with Crippen LogP contribution in [0.25, 0.3) is 0 Å². The van der Waals surface area contributed by atoms with Crippen molar-refractivity contribution in [3.05, 3.63) is 32.9 Å². The Kier molecular flexibility index (Phi) is 2.41. The highest BCUT2D eigenvalue weighted by atomic mass is 127. The topological polar surface area (TPSA) is 17.1 Å². The van der Waals surface area contributed by atoms with Gasteiger partial charge in [-0.1, -0.05) is 17.7 Å². The van der Waals surface area contributed by atoms with E-state index in [0.29, 0.717) is 5.78 Å². The summed E-state index contributed by atoms with van der Waals surface area (Å²) in [4.78, 5) is 11.3. The molecule has 0 bridgehead atoms. The number of hydrogen-bond donors (Lipinski definition) is 0. The minimum Gasteiger partial charge on any atom is -0.299 e. The Hall–Kier alpha value is -0.380. The molecule has 2 rings (SSSR count). The molecule has 0 heterocycles. The van der Waals surface area contributed by atoms with E-state index in [1.165, 1.54) is 14.7 Å². The lowest BCUT2D eigenvalue weighted by Gasteiger charge is -2.25. The van der Waals surface area contributed by atoms with Crippen molar-refractivity contribution in [3.63, 3.8) is 0 Å². The number of benzene rings is 1. The maximum atomic E-state index is 11.3. The number of Topliss-reactive ketones (excluding diaryl/α,β-unsaturated/α-hetero) is 1. The molecule has 1 unspecified atom stereocenters. The quantitative estimate of drug-likeness (QED) is 0.725. The van der Waals surface area contributed by atoms with Gasteiger partial charge in [-0.3, -0.25) is 4.79 Å². The average Bonchev–Trinajstić information content (AvgIpc) is 2.09. The third kappa shape index (κ3) is 1.64. The highest BCUT2D eigenvalue weighted by molar-refractivity contribution is 14.1. The molecule has 68 valence electrons. The van der Waals surface area contributed by atoms with Gasteiger partial charge in [0.25, 0.3) is 0 Å². The van der Waals surface area contributed by atoms with Crippen molar-refractivity contribution >= 4 is 28.4 Å². The molecule has 0 aliphatic heterocycles. The first-order valence-corrected chi connectivity index (χ1v) is 5.55. The zero-order valence-corrected chi connectivity index (χ0v) is 9.67. The van der Waals surface area contributed by atoms with Crippen molar-refractivity contribution in [2.24, 2.45) is 0 Å². The number of carbonyl (C=O) groups is 1. The van der Waals surface area contributed by atoms with Gasteiger partial charge in [0.05, 0.1) is 0 Å². The summed E-state index contributed by atoms with van der Waals surface area (Å²) < 4.78 is 1.22. The predicted molar refractivity (Wildman–Crippen MR) is 60.9 cm³/mol. The Morgan fingerprint density at radius 1 is 1.46 bits per heavy atom. The second-order valence-corrected chi connectivity index (χ2v) is 4.74. The molecule has 0 saturated heterocycles. The maximum absolute atomic E-state index is 11.3. The number of hydrogen-bond acceptors (Lipinski definition) is 1. The monoisotopic (exact) mass is 286 g/mol. The SMILES string of the molecule is Cc1ccc(I)c(C2CCC2=O)c1. The van der Waals surface area contributed by atoms with E-state index in [4.69, 9.17) is 0 Å². The number of aryl methyl sites for hydroxylation is 1. The molecule has 1 fully saturated rings. The van der Waals surface area contributed by atoms with Gasteiger partial charge >= 0.3 is 0 Å². The Balaban J connectivity index is 2.38. The second-order valence-electron chi connectivity index (χ2n) is 3.58. The van der Waals surface area contributed by atoms with Gasteiger partial charge in [0, 0.05) is 15.9 Å². The number of rotatable bonds is 1. The van der Waals surface area contributed by atoms with Crippen molar-refractivity contribution in [2.75, 3.05) is 0 Å². The van der Waals surface area contributed by atoms with Gasteiger partial charge in [0.15, 0.2) is 0 Å². The lowest BCUT2D eigenvalue weighted by molar-refractivity contribution is -0.125. The Morgan fingerprint density at radius 3 is 2.77 bits per heavy atom. The second kappa shape index (κ2) is 3.40. The third-order valence-corrected chi connectivity index (χ3v) is 3.58. The van der Waals surface area contributed by atoms with Crippen molar-refractivity contribution in [3.8, 4) is 0 Å². The molecule has 1 atom stereocenters. The van der Waals surface area contributed by atoms with E-state index >= 15 is 0 Å². The number of halogens is 1. The van der Waals surface area contributed by atoms with Gasteiger partial charge in [-0.15, -0.1) is 0 Å². The van der Waals surface area contributed by atoms with Crippen LogP contribution >= 0.6 is 22.6 Å². The first-order valence-electron chi connectivity index (χ1n) is 4.47. The van der Waals surface area contributed by atoms with Crippen molar-refractivity contribution in [1.29, 1.82) is 0 Å². The molecule has 1 nitrogen and oxygen atoms in total. The minimum atomic E-state index is 0.201. The zero-order valence-electron chi connectivity index (χ0n) is 7.51. The molecule has 1 saturated carbocycles. The van der Waals surface area contributed by atoms with E-state index in [1.807, 2.05) is 0 Å². The molecular weight excluding hydrogens is 275 g/mol. The van der Waals surface area contributed by atoms with Gasteiger partial charge in [-0.2, -0.15) is 0 Å². The summed E-state index contributed by atoms with van der Waals surface area (Å²) in [6.45, 7) is 2.07. The smallest absolute Gasteiger partial charge is 0.140 e. The molecule has 0 amide bonds. The lowest BCUT2D eigenvalue weighted by Crippen LogP contribution is -2.24. The van der Waals surface area contributed by atoms with Crippen LogP contribution < -0.4 is 0 Å². The first-order chi connectivity index (χ1) is 6.18. The van der Waals surface area contributed by atoms with Crippen LogP contribution in [0.5, 0.6) is 0 Å². The molecule has 0 spiro atoms. The average molecular weight is 286 g/mol. The van der Waals surface area contributed by atoms with E-state index in [0.717, 1.165) is 12.8 Å². The van der Waals surface area contributed by atoms with Crippen molar-refractivity contribution in [1.82, 2.24) is 0 Å². The Morgan fingerprint density at radius 2 is 2.23 bits per heavy atom. The normalized spacial score (nSPS) is 21.4. The molecule has 1 aromatic carbocycles. The summed E-state index contributed by atoms with van der Waals surface area (Å²) in [7, 11) is 0. The summed E-state index contributed by atoms with van der Waals surface area (Å²) in [5.41, 5.74) is 2.48. The molecule has 1 aliphatic carbocycles. The third-order valence-electron chi connectivity index (χ3n) is 2.59. The van der Waals surface area contributed by atoms with Crippen molar-refractivity contribution in [2.45, 2.75) is 25.7 Å². The van der Waals surface area contributed by atoms with Crippen LogP contribution in [0.2, 0.25) is 0 Å². The van der Waals surface area contributed by atoms with Gasteiger partial charge in [-0.25, -0.2) is 0 Å². The summed E-state index contributed by atoms with van der Waals surface area (Å²) in [6.07, 6.45) is 1.81. The van der Waals surface area contributed by atoms with Crippen LogP contribution in [0.4, 0.5) is 0 Å². The Labute approximate surface area is 91.7 Å². The van der Waals surface area contributed by atoms with E-state index in [2.05, 4.69) is 47.7 Å². The van der Waals surface area contributed by atoms with Crippen LogP contribution in [0.15, 0.2) is 18.2 Å². The fourth-order valence-corrected chi connectivity index (χ4v) is 2.38. The van der Waals surface area contributed by atoms with E-state index in [-0.39, 0.29) is 5.92 Å². The van der Waals surface area contributed by atoms with Crippen LogP contribution in [0, 0.1) is 10.5 Å². The zero-order chi connectivity index (χ0) is 9.42. The molecule has 0 aromatic heterocycles. The molecule has 0 N–H and O–H groups in total. The predicted octanol–water partition coefficient (Wildman–Crippen LogP) is 3.05. The largest absolute Gasteiger partial charge is 0.299 e. The Bertz CT molecular complexity index is 357. The van der Waals surface area contributed by atoms with E-state index < -0.39 is 0 Å². The number of ketones is 1. The summed E-state index contributed by atoms with van der Waals surface area (Å²) in [6, 6.07) is 6.33. The fraction of sp³-hybridized carbons (Fsp3) is 0.364. The summed E-state index contributed by atoms with van der Waals surface area (Å²) in [5.74, 6) is 0.607. The van der Waals surface area contributed by atoms with Gasteiger partial charge in [0.1, 0.15) is 5.78 Å². The molecule has 1 aliphatic rings.